The molecule has 1 aromatic carbocycles. The van der Waals surface area contributed by atoms with Crippen LogP contribution in [0.3, 0.4) is 0 Å². The summed E-state index contributed by atoms with van der Waals surface area (Å²) >= 11 is 0. The summed E-state index contributed by atoms with van der Waals surface area (Å²) < 4.78 is 15.3. The topological polar surface area (TPSA) is 47.8 Å². The number of halogens is 1. The van der Waals surface area contributed by atoms with E-state index in [1.165, 1.54) is 18.2 Å². The second-order valence-electron chi connectivity index (χ2n) is 6.97. The number of rotatable bonds is 4. The average molecular weight is 349 g/mol. The lowest BCUT2D eigenvalue weighted by Gasteiger charge is -2.19. The molecule has 0 unspecified atom stereocenters. The molecule has 2 aromatic heterocycles. The number of pyridine rings is 1. The zero-order valence-corrected chi connectivity index (χ0v) is 15.0. The van der Waals surface area contributed by atoms with E-state index in [0.717, 1.165) is 34.6 Å². The lowest BCUT2D eigenvalue weighted by molar-refractivity contribution is -0.104. The number of allylic oxidation sites excluding steroid dienone is 1. The SMILES string of the molecule is CC(C)(C)c1nc(-c2ccc(F)cc2)c(-c2ccncc2)n1C=CC=O. The molecule has 0 bridgehead atoms. The third-order valence-electron chi connectivity index (χ3n) is 3.97. The van der Waals surface area contributed by atoms with Crippen LogP contribution >= 0.6 is 0 Å². The lowest BCUT2D eigenvalue weighted by Crippen LogP contribution is -2.17. The molecule has 0 spiro atoms. The Labute approximate surface area is 152 Å². The molecule has 3 rings (SSSR count). The standard InChI is InChI=1S/C21H20FN3O/c1-21(2,3)20-24-18(15-5-7-17(22)8-6-15)19(25(20)13-4-14-26)16-9-11-23-12-10-16/h4-14H,1-3H3. The molecular weight excluding hydrogens is 329 g/mol. The van der Waals surface area contributed by atoms with Crippen molar-refractivity contribution in [2.45, 2.75) is 26.2 Å². The molecule has 0 amide bonds. The fourth-order valence-corrected chi connectivity index (χ4v) is 2.82. The van der Waals surface area contributed by atoms with Gasteiger partial charge in [0.2, 0.25) is 0 Å². The molecule has 26 heavy (non-hydrogen) atoms. The first-order chi connectivity index (χ1) is 12.4. The molecule has 5 heteroatoms. The van der Waals surface area contributed by atoms with Crippen LogP contribution in [0.5, 0.6) is 0 Å². The van der Waals surface area contributed by atoms with Gasteiger partial charge in [-0.05, 0) is 42.5 Å². The Morgan fingerprint density at radius 2 is 1.65 bits per heavy atom. The predicted molar refractivity (Wildman–Crippen MR) is 101 cm³/mol. The van der Waals surface area contributed by atoms with Crippen LogP contribution in [0.2, 0.25) is 0 Å². The third kappa shape index (κ3) is 3.47. The maximum absolute atomic E-state index is 13.4. The van der Waals surface area contributed by atoms with Gasteiger partial charge in [0.05, 0.1) is 11.4 Å². The molecular formula is C21H20FN3O. The van der Waals surface area contributed by atoms with Gasteiger partial charge in [0.1, 0.15) is 17.9 Å². The van der Waals surface area contributed by atoms with E-state index in [1.807, 2.05) is 16.7 Å². The number of hydrogen-bond donors (Lipinski definition) is 0. The lowest BCUT2D eigenvalue weighted by atomic mass is 9.95. The fourth-order valence-electron chi connectivity index (χ4n) is 2.82. The molecule has 0 aliphatic heterocycles. The molecule has 132 valence electrons. The smallest absolute Gasteiger partial charge is 0.144 e. The highest BCUT2D eigenvalue weighted by atomic mass is 19.1. The quantitative estimate of drug-likeness (QED) is 0.506. The van der Waals surface area contributed by atoms with E-state index in [4.69, 9.17) is 4.98 Å². The molecule has 3 aromatic rings. The molecule has 0 radical (unpaired) electrons. The highest BCUT2D eigenvalue weighted by molar-refractivity contribution is 5.82. The number of carbonyl (C=O) groups excluding carboxylic acids is 1. The molecule has 4 nitrogen and oxygen atoms in total. The van der Waals surface area contributed by atoms with Crippen LogP contribution in [0.4, 0.5) is 4.39 Å². The van der Waals surface area contributed by atoms with E-state index in [9.17, 15) is 9.18 Å². The van der Waals surface area contributed by atoms with Crippen molar-refractivity contribution in [3.63, 3.8) is 0 Å². The first-order valence-corrected chi connectivity index (χ1v) is 8.33. The third-order valence-corrected chi connectivity index (χ3v) is 3.97. The van der Waals surface area contributed by atoms with Gasteiger partial charge in [-0.1, -0.05) is 20.8 Å². The number of aromatic nitrogens is 3. The minimum atomic E-state index is -0.296. The molecule has 2 heterocycles. The second kappa shape index (κ2) is 7.04. The summed E-state index contributed by atoms with van der Waals surface area (Å²) in [6, 6.07) is 10.0. The number of hydrogen-bond acceptors (Lipinski definition) is 3. The second-order valence-corrected chi connectivity index (χ2v) is 6.97. The van der Waals surface area contributed by atoms with Crippen LogP contribution < -0.4 is 0 Å². The predicted octanol–water partition coefficient (Wildman–Crippen LogP) is 4.72. The van der Waals surface area contributed by atoms with Crippen molar-refractivity contribution < 1.29 is 9.18 Å². The zero-order chi connectivity index (χ0) is 18.7. The summed E-state index contributed by atoms with van der Waals surface area (Å²) in [4.78, 5) is 19.9. The van der Waals surface area contributed by atoms with Gasteiger partial charge in [-0.2, -0.15) is 0 Å². The summed E-state index contributed by atoms with van der Waals surface area (Å²) in [7, 11) is 0. The maximum Gasteiger partial charge on any atom is 0.144 e. The van der Waals surface area contributed by atoms with Crippen LogP contribution in [-0.2, 0) is 10.2 Å². The van der Waals surface area contributed by atoms with E-state index < -0.39 is 0 Å². The Kier molecular flexibility index (Phi) is 4.80. The van der Waals surface area contributed by atoms with Crippen molar-refractivity contribution in [2.24, 2.45) is 0 Å². The molecule has 0 atom stereocenters. The molecule has 0 fully saturated rings. The Balaban J connectivity index is 2.36. The number of imidazole rings is 1. The number of benzene rings is 1. The first-order valence-electron chi connectivity index (χ1n) is 8.33. The largest absolute Gasteiger partial charge is 0.302 e. The molecule has 0 saturated carbocycles. The monoisotopic (exact) mass is 349 g/mol. The van der Waals surface area contributed by atoms with Gasteiger partial charge in [0.15, 0.2) is 0 Å². The molecule has 0 aliphatic carbocycles. The number of aldehydes is 1. The molecule has 0 N–H and O–H groups in total. The van der Waals surface area contributed by atoms with Crippen LogP contribution in [0.1, 0.15) is 26.6 Å². The van der Waals surface area contributed by atoms with Gasteiger partial charge in [-0.25, -0.2) is 9.37 Å². The first kappa shape index (κ1) is 17.7. The summed E-state index contributed by atoms with van der Waals surface area (Å²) in [5, 5.41) is 0. The van der Waals surface area contributed by atoms with E-state index in [0.29, 0.717) is 0 Å². The van der Waals surface area contributed by atoms with E-state index in [2.05, 4.69) is 25.8 Å². The fraction of sp³-hybridized carbons (Fsp3) is 0.190. The van der Waals surface area contributed by atoms with E-state index in [-0.39, 0.29) is 11.2 Å². The van der Waals surface area contributed by atoms with Gasteiger partial charge in [0, 0.05) is 35.1 Å². The van der Waals surface area contributed by atoms with E-state index >= 15 is 0 Å². The molecule has 0 saturated heterocycles. The minimum absolute atomic E-state index is 0.257. The van der Waals surface area contributed by atoms with Gasteiger partial charge in [-0.15, -0.1) is 0 Å². The van der Waals surface area contributed by atoms with Crippen molar-refractivity contribution >= 4 is 12.5 Å². The van der Waals surface area contributed by atoms with Crippen LogP contribution in [-0.4, -0.2) is 20.8 Å². The van der Waals surface area contributed by atoms with Gasteiger partial charge in [0.25, 0.3) is 0 Å². The normalized spacial score (nSPS) is 11.8. The number of carbonyl (C=O) groups is 1. The van der Waals surface area contributed by atoms with Crippen LogP contribution in [0.15, 0.2) is 54.9 Å². The van der Waals surface area contributed by atoms with Gasteiger partial charge < -0.3 is 4.57 Å². The summed E-state index contributed by atoms with van der Waals surface area (Å²) in [5.41, 5.74) is 3.03. The molecule has 0 aliphatic rings. The van der Waals surface area contributed by atoms with Crippen molar-refractivity contribution in [3.05, 3.63) is 66.5 Å². The van der Waals surface area contributed by atoms with Crippen molar-refractivity contribution in [3.8, 4) is 22.5 Å². The van der Waals surface area contributed by atoms with Crippen molar-refractivity contribution in [1.29, 1.82) is 0 Å². The summed E-state index contributed by atoms with van der Waals surface area (Å²) in [6.07, 6.45) is 7.31. The summed E-state index contributed by atoms with van der Waals surface area (Å²) in [6.45, 7) is 6.18. The highest BCUT2D eigenvalue weighted by Gasteiger charge is 2.26. The zero-order valence-electron chi connectivity index (χ0n) is 15.0. The highest BCUT2D eigenvalue weighted by Crippen LogP contribution is 2.36. The van der Waals surface area contributed by atoms with Crippen LogP contribution in [0.25, 0.3) is 28.7 Å². The Bertz CT molecular complexity index is 936. The Morgan fingerprint density at radius 3 is 2.23 bits per heavy atom. The minimum Gasteiger partial charge on any atom is -0.302 e. The Morgan fingerprint density at radius 1 is 1.00 bits per heavy atom. The van der Waals surface area contributed by atoms with E-state index in [1.54, 1.807) is 30.7 Å². The number of nitrogens with zero attached hydrogens (tertiary/aromatic N) is 3. The maximum atomic E-state index is 13.4. The average Bonchev–Trinajstić information content (AvgIpc) is 3.01. The van der Waals surface area contributed by atoms with Crippen LogP contribution in [0, 0.1) is 5.82 Å². The van der Waals surface area contributed by atoms with Gasteiger partial charge >= 0.3 is 0 Å². The van der Waals surface area contributed by atoms with Crippen molar-refractivity contribution in [2.75, 3.05) is 0 Å². The van der Waals surface area contributed by atoms with Gasteiger partial charge in [-0.3, -0.25) is 9.78 Å². The Hall–Kier alpha value is -3.08. The van der Waals surface area contributed by atoms with Crippen molar-refractivity contribution in [1.82, 2.24) is 14.5 Å². The summed E-state index contributed by atoms with van der Waals surface area (Å²) in [5.74, 6) is 0.511.